The smallest absolute Gasteiger partial charge is 0.348 e. The fraction of sp³-hybridized carbons (Fsp3) is 0.0345. The monoisotopic (exact) mass is 457 g/mol. The van der Waals surface area contributed by atoms with Crippen molar-refractivity contribution in [3.63, 3.8) is 0 Å². The Hall–Kier alpha value is -3.36. The van der Waals surface area contributed by atoms with Crippen LogP contribution in [0.3, 0.4) is 0 Å². The van der Waals surface area contributed by atoms with Gasteiger partial charge in [0.2, 0.25) is 0 Å². The van der Waals surface area contributed by atoms with Crippen molar-refractivity contribution < 1.29 is 38.3 Å². The summed E-state index contributed by atoms with van der Waals surface area (Å²) in [6.07, 6.45) is 3.23. The molecule has 0 spiro atoms. The van der Waals surface area contributed by atoms with Crippen LogP contribution >= 0.6 is 0 Å². The molecule has 5 heteroatoms. The van der Waals surface area contributed by atoms with Gasteiger partial charge in [-0.3, -0.25) is 0 Å². The molecule has 0 aliphatic heterocycles. The van der Waals surface area contributed by atoms with E-state index >= 15 is 0 Å². The van der Waals surface area contributed by atoms with Gasteiger partial charge >= 0.3 is 29.6 Å². The van der Waals surface area contributed by atoms with Crippen molar-refractivity contribution in [1.29, 1.82) is 10.7 Å². The molecule has 162 valence electrons. The molecule has 4 aromatic rings. The van der Waals surface area contributed by atoms with Gasteiger partial charge in [0.15, 0.2) is 0 Å². The molecule has 0 amide bonds. The molecule has 0 aliphatic rings. The van der Waals surface area contributed by atoms with Crippen LogP contribution in [0.5, 0.6) is 0 Å². The molecule has 0 saturated carbocycles. The molecule has 4 rings (SSSR count). The van der Waals surface area contributed by atoms with Crippen LogP contribution in [0, 0.1) is 40.5 Å². The van der Waals surface area contributed by atoms with E-state index in [0.29, 0.717) is 11.3 Å². The Kier molecular flexibility index (Phi) is 10.6. The van der Waals surface area contributed by atoms with Gasteiger partial charge in [-0.2, -0.15) is 6.07 Å². The number of hydrogen-bond donors (Lipinski definition) is 1. The minimum Gasteiger partial charge on any atom is -0.348 e. The van der Waals surface area contributed by atoms with E-state index in [-0.39, 0.29) is 40.7 Å². The predicted molar refractivity (Wildman–Crippen MR) is 127 cm³/mol. The van der Waals surface area contributed by atoms with Crippen molar-refractivity contribution in [2.24, 2.45) is 0 Å². The number of nitriles is 1. The van der Waals surface area contributed by atoms with Gasteiger partial charge in [0.25, 0.3) is 0 Å². The first kappa shape index (κ1) is 26.9. The van der Waals surface area contributed by atoms with Crippen LogP contribution in [0.25, 0.3) is 11.1 Å². The van der Waals surface area contributed by atoms with Crippen molar-refractivity contribution in [2.45, 2.75) is 6.92 Å². The molecule has 0 aliphatic carbocycles. The molecule has 0 aromatic heterocycles. The van der Waals surface area contributed by atoms with E-state index in [4.69, 9.17) is 10.7 Å². The van der Waals surface area contributed by atoms with E-state index in [2.05, 4.69) is 12.1 Å². The van der Waals surface area contributed by atoms with Gasteiger partial charge in [0.1, 0.15) is 0 Å². The topological polar surface area (TPSA) is 47.6 Å². The fourth-order valence-corrected chi connectivity index (χ4v) is 3.06. The van der Waals surface area contributed by atoms with Crippen molar-refractivity contribution in [3.05, 3.63) is 143 Å². The second kappa shape index (κ2) is 13.4. The van der Waals surface area contributed by atoms with Gasteiger partial charge in [0, 0.05) is 17.7 Å². The third-order valence-corrected chi connectivity index (χ3v) is 4.74. The van der Waals surface area contributed by atoms with E-state index < -0.39 is 11.6 Å². The SMILES string of the molecule is CC(=[C-]c1ccccc1)C(=N)c1ccccc1.N#Cc1c[c-]c(F)c(-c2ccccc2)c1F.[Na+]. The Labute approximate surface area is 221 Å². The molecule has 1 N–H and O–H groups in total. The summed E-state index contributed by atoms with van der Waals surface area (Å²) in [5.74, 6) is -1.63. The van der Waals surface area contributed by atoms with E-state index in [1.165, 1.54) is 0 Å². The largest absolute Gasteiger partial charge is 1.00 e. The Balaban J connectivity index is 0.000000234. The maximum Gasteiger partial charge on any atom is 1.00 e. The molecule has 34 heavy (non-hydrogen) atoms. The average molecular weight is 457 g/mol. The van der Waals surface area contributed by atoms with Gasteiger partial charge in [0.05, 0.1) is 0 Å². The van der Waals surface area contributed by atoms with Gasteiger partial charge in [-0.1, -0.05) is 84.8 Å². The molecule has 0 radical (unpaired) electrons. The van der Waals surface area contributed by atoms with E-state index in [9.17, 15) is 8.78 Å². The predicted octanol–water partition coefficient (Wildman–Crippen LogP) is 4.16. The van der Waals surface area contributed by atoms with Gasteiger partial charge in [-0.05, 0) is 16.8 Å². The van der Waals surface area contributed by atoms with Crippen LogP contribution in [0.4, 0.5) is 8.78 Å². The summed E-state index contributed by atoms with van der Waals surface area (Å²) in [4.78, 5) is 0. The summed E-state index contributed by atoms with van der Waals surface area (Å²) in [6, 6.07) is 32.8. The summed E-state index contributed by atoms with van der Waals surface area (Å²) in [5, 5.41) is 16.7. The molecular formula is C29H20F2N2Na-. The number of benzene rings is 4. The zero-order chi connectivity index (χ0) is 23.6. The Morgan fingerprint density at radius 3 is 1.97 bits per heavy atom. The van der Waals surface area contributed by atoms with Gasteiger partial charge in [-0.25, -0.2) is 14.0 Å². The third kappa shape index (κ3) is 7.07. The number of nitrogens with zero attached hydrogens (tertiary/aromatic N) is 1. The van der Waals surface area contributed by atoms with Gasteiger partial charge in [-0.15, -0.1) is 47.5 Å². The summed E-state index contributed by atoms with van der Waals surface area (Å²) in [5.41, 5.74) is 3.28. The molecule has 2 nitrogen and oxygen atoms in total. The molecule has 0 bridgehead atoms. The number of nitrogens with one attached hydrogen (secondary N) is 1. The van der Waals surface area contributed by atoms with Gasteiger partial charge < -0.3 is 5.41 Å². The number of hydrogen-bond acceptors (Lipinski definition) is 2. The number of halogens is 2. The number of allylic oxidation sites excluding steroid dienone is 1. The molecule has 0 fully saturated rings. The molecular weight excluding hydrogens is 437 g/mol. The Morgan fingerprint density at radius 1 is 0.882 bits per heavy atom. The van der Waals surface area contributed by atoms with E-state index in [1.807, 2.05) is 67.6 Å². The maximum absolute atomic E-state index is 13.7. The first-order chi connectivity index (χ1) is 16.0. The zero-order valence-corrected chi connectivity index (χ0v) is 20.9. The van der Waals surface area contributed by atoms with Crippen LogP contribution < -0.4 is 29.6 Å². The van der Waals surface area contributed by atoms with E-state index in [0.717, 1.165) is 22.8 Å². The maximum atomic E-state index is 13.7. The quantitative estimate of drug-likeness (QED) is 0.279. The summed E-state index contributed by atoms with van der Waals surface area (Å²) >= 11 is 0. The van der Waals surface area contributed by atoms with Crippen LogP contribution in [0.15, 0.2) is 103 Å². The Bertz CT molecular complexity index is 1300. The second-order valence-electron chi connectivity index (χ2n) is 7.04. The first-order valence-corrected chi connectivity index (χ1v) is 10.2. The second-order valence-corrected chi connectivity index (χ2v) is 7.04. The molecule has 4 aromatic carbocycles. The minimum atomic E-state index is -0.843. The average Bonchev–Trinajstić information content (AvgIpc) is 2.86. The molecule has 0 unspecified atom stereocenters. The summed E-state index contributed by atoms with van der Waals surface area (Å²) < 4.78 is 27.2. The summed E-state index contributed by atoms with van der Waals surface area (Å²) in [7, 11) is 0. The third-order valence-electron chi connectivity index (χ3n) is 4.74. The standard InChI is InChI=1S/C16H14N.C13H6F2N.Na/c1-13(12-14-8-4-2-5-9-14)16(17)15-10-6-3-7-11-15;14-11-7-6-10(8-16)13(15)12(11)9-4-2-1-3-5-9;/h2-11,17H,1H3;1-6H;/q2*-1;+1. The van der Waals surface area contributed by atoms with Crippen molar-refractivity contribution in [1.82, 2.24) is 0 Å². The fourth-order valence-electron chi connectivity index (χ4n) is 3.06. The Morgan fingerprint density at radius 2 is 1.41 bits per heavy atom. The number of rotatable bonds is 4. The first-order valence-electron chi connectivity index (χ1n) is 10.2. The molecule has 0 saturated heterocycles. The molecule has 0 atom stereocenters. The molecule has 0 heterocycles. The van der Waals surface area contributed by atoms with E-state index in [1.54, 1.807) is 36.4 Å². The van der Waals surface area contributed by atoms with Crippen molar-refractivity contribution in [3.8, 4) is 17.2 Å². The summed E-state index contributed by atoms with van der Waals surface area (Å²) in [6.45, 7) is 1.92. The van der Waals surface area contributed by atoms with Crippen LogP contribution in [0.2, 0.25) is 0 Å². The zero-order valence-electron chi connectivity index (χ0n) is 18.9. The minimum absolute atomic E-state index is 0. The van der Waals surface area contributed by atoms with Crippen LogP contribution in [0.1, 0.15) is 23.6 Å². The van der Waals surface area contributed by atoms with Crippen LogP contribution in [-0.4, -0.2) is 5.71 Å². The normalized spacial score (nSPS) is 10.2. The van der Waals surface area contributed by atoms with Crippen molar-refractivity contribution in [2.75, 3.05) is 0 Å². The van der Waals surface area contributed by atoms with Crippen LogP contribution in [-0.2, 0) is 0 Å². The van der Waals surface area contributed by atoms with Crippen molar-refractivity contribution >= 4 is 5.71 Å².